The average Bonchev–Trinajstić information content (AvgIpc) is 3.64. The molecule has 2 fully saturated rings. The topological polar surface area (TPSA) is 92.4 Å². The number of H-pyrrole nitrogens is 1. The van der Waals surface area contributed by atoms with Crippen LogP contribution < -0.4 is 20.4 Å². The Kier molecular flexibility index (Phi) is 7.06. The zero-order valence-electron chi connectivity index (χ0n) is 22.6. The fraction of sp³-hybridized carbons (Fsp3) is 0.367. The number of urea groups is 1. The quantitative estimate of drug-likeness (QED) is 0.324. The molecule has 9 heteroatoms. The van der Waals surface area contributed by atoms with Crippen LogP contribution in [0.2, 0.25) is 0 Å². The number of para-hydroxylation sites is 2. The van der Waals surface area contributed by atoms with Crippen LogP contribution >= 0.6 is 0 Å². The second-order valence-corrected chi connectivity index (χ2v) is 10.8. The molecule has 2 aliphatic rings. The summed E-state index contributed by atoms with van der Waals surface area (Å²) < 4.78 is 0. The number of amides is 2. The highest BCUT2D eigenvalue weighted by Gasteiger charge is 2.26. The van der Waals surface area contributed by atoms with Gasteiger partial charge in [-0.05, 0) is 69.3 Å². The summed E-state index contributed by atoms with van der Waals surface area (Å²) in [6.45, 7) is 3.79. The van der Waals surface area contributed by atoms with Crippen molar-refractivity contribution in [3.8, 4) is 0 Å². The molecule has 2 amide bonds. The number of aromatic nitrogens is 3. The van der Waals surface area contributed by atoms with Crippen molar-refractivity contribution in [1.29, 1.82) is 0 Å². The van der Waals surface area contributed by atoms with Crippen LogP contribution in [0.25, 0.3) is 11.0 Å². The van der Waals surface area contributed by atoms with Gasteiger partial charge >= 0.3 is 6.03 Å². The lowest BCUT2D eigenvalue weighted by atomic mass is 9.90. The van der Waals surface area contributed by atoms with E-state index in [1.54, 1.807) is 6.33 Å². The first-order valence-corrected chi connectivity index (χ1v) is 13.8. The van der Waals surface area contributed by atoms with Crippen LogP contribution in [0, 0.1) is 0 Å². The molecule has 4 aromatic rings. The number of piperidine rings is 1. The van der Waals surface area contributed by atoms with Crippen molar-refractivity contribution in [2.24, 2.45) is 0 Å². The van der Waals surface area contributed by atoms with Gasteiger partial charge in [0.05, 0.1) is 16.8 Å². The number of likely N-dealkylation sites (N-methyl/N-ethyl adjacent to an activating group) is 1. The van der Waals surface area contributed by atoms with Crippen molar-refractivity contribution in [2.75, 3.05) is 60.7 Å². The van der Waals surface area contributed by atoms with E-state index in [0.29, 0.717) is 12.0 Å². The molecule has 0 spiro atoms. The third-order valence-corrected chi connectivity index (χ3v) is 8.06. The molecule has 3 N–H and O–H groups in total. The van der Waals surface area contributed by atoms with Crippen molar-refractivity contribution in [2.45, 2.75) is 31.2 Å². The number of aromatic amines is 1. The Balaban J connectivity index is 1.13. The maximum Gasteiger partial charge on any atom is 0.323 e. The van der Waals surface area contributed by atoms with E-state index in [2.05, 4.69) is 72.6 Å². The van der Waals surface area contributed by atoms with Gasteiger partial charge in [0.25, 0.3) is 0 Å². The average molecular weight is 525 g/mol. The fourth-order valence-electron chi connectivity index (χ4n) is 5.94. The normalized spacial score (nSPS) is 19.6. The van der Waals surface area contributed by atoms with Gasteiger partial charge in [0, 0.05) is 50.0 Å². The summed E-state index contributed by atoms with van der Waals surface area (Å²) in [5, 5.41) is 7.21. The van der Waals surface area contributed by atoms with E-state index in [4.69, 9.17) is 0 Å². The number of benzene rings is 2. The molecule has 6 rings (SSSR count). The first-order valence-electron chi connectivity index (χ1n) is 13.8. The van der Waals surface area contributed by atoms with Crippen LogP contribution in [0.5, 0.6) is 0 Å². The number of nitrogens with zero attached hydrogens (tertiary/aromatic N) is 5. The minimum Gasteiger partial charge on any atom is -0.368 e. The fourth-order valence-corrected chi connectivity index (χ4v) is 5.94. The van der Waals surface area contributed by atoms with Gasteiger partial charge in [0.1, 0.15) is 17.8 Å². The molecular formula is C30H36N8O. The lowest BCUT2D eigenvalue weighted by Crippen LogP contribution is -2.35. The summed E-state index contributed by atoms with van der Waals surface area (Å²) >= 11 is 0. The summed E-state index contributed by atoms with van der Waals surface area (Å²) in [6, 6.07) is 18.6. The highest BCUT2D eigenvalue weighted by molar-refractivity contribution is 6.02. The van der Waals surface area contributed by atoms with Gasteiger partial charge in [0.15, 0.2) is 0 Å². The van der Waals surface area contributed by atoms with Gasteiger partial charge in [-0.1, -0.05) is 24.3 Å². The van der Waals surface area contributed by atoms with Crippen molar-refractivity contribution in [3.63, 3.8) is 0 Å². The molecule has 0 aliphatic carbocycles. The molecule has 2 atom stereocenters. The molecule has 1 unspecified atom stereocenters. The van der Waals surface area contributed by atoms with E-state index in [0.717, 1.165) is 79.4 Å². The summed E-state index contributed by atoms with van der Waals surface area (Å²) in [5.74, 6) is 1.33. The smallest absolute Gasteiger partial charge is 0.323 e. The van der Waals surface area contributed by atoms with E-state index in [-0.39, 0.29) is 6.03 Å². The zero-order valence-corrected chi connectivity index (χ0v) is 22.6. The number of fused-ring (bicyclic) bond motifs is 1. The van der Waals surface area contributed by atoms with Crippen molar-refractivity contribution in [1.82, 2.24) is 19.9 Å². The van der Waals surface area contributed by atoms with E-state index in [9.17, 15) is 4.79 Å². The molecular weight excluding hydrogens is 488 g/mol. The van der Waals surface area contributed by atoms with Gasteiger partial charge in [-0.15, -0.1) is 0 Å². The molecule has 2 aromatic heterocycles. The molecule has 0 radical (unpaired) electrons. The molecule has 2 aromatic carbocycles. The van der Waals surface area contributed by atoms with Gasteiger partial charge in [-0.3, -0.25) is 0 Å². The Bertz CT molecular complexity index is 1450. The van der Waals surface area contributed by atoms with Crippen LogP contribution in [0.1, 0.15) is 30.7 Å². The number of anilines is 4. The summed E-state index contributed by atoms with van der Waals surface area (Å²) in [4.78, 5) is 32.2. The van der Waals surface area contributed by atoms with Crippen LogP contribution in [0.15, 0.2) is 67.1 Å². The molecule has 202 valence electrons. The van der Waals surface area contributed by atoms with Crippen LogP contribution in [0.3, 0.4) is 0 Å². The highest BCUT2D eigenvalue weighted by atomic mass is 16.2. The summed E-state index contributed by atoms with van der Waals surface area (Å²) in [7, 11) is 4.25. The van der Waals surface area contributed by atoms with Crippen molar-refractivity contribution in [3.05, 3.63) is 72.7 Å². The minimum absolute atomic E-state index is 0.232. The lowest BCUT2D eigenvalue weighted by Gasteiger charge is -2.34. The van der Waals surface area contributed by atoms with Gasteiger partial charge in [0.2, 0.25) is 0 Å². The lowest BCUT2D eigenvalue weighted by molar-refractivity contribution is 0.262. The maximum atomic E-state index is 13.1. The number of rotatable bonds is 6. The number of carbonyl (C=O) groups excluding carboxylic acids is 1. The number of hydrogen-bond donors (Lipinski definition) is 3. The molecule has 4 heterocycles. The largest absolute Gasteiger partial charge is 0.368 e. The van der Waals surface area contributed by atoms with E-state index in [1.807, 2.05) is 42.6 Å². The minimum atomic E-state index is -0.232. The highest BCUT2D eigenvalue weighted by Crippen LogP contribution is 2.33. The second-order valence-electron chi connectivity index (χ2n) is 10.8. The van der Waals surface area contributed by atoms with Crippen LogP contribution in [0.4, 0.5) is 27.7 Å². The number of hydrogen-bond acceptors (Lipinski definition) is 6. The molecule has 9 nitrogen and oxygen atoms in total. The Labute approximate surface area is 229 Å². The number of nitrogens with one attached hydrogen (secondary N) is 3. The van der Waals surface area contributed by atoms with Crippen molar-refractivity contribution < 1.29 is 4.79 Å². The molecule has 2 saturated heterocycles. The zero-order chi connectivity index (χ0) is 26.8. The third kappa shape index (κ3) is 5.40. The standard InChI is InChI=1S/C30H36N8O/c1-36(2)24-13-16-37(19-24)27-11-4-3-10-26(27)35-30(39)34-23-9-5-7-21(17-23)22-8-6-15-38(18-22)29-25-12-14-31-28(25)32-20-33-29/h3-5,7,9-12,14,17,20,22,24H,6,8,13,15-16,18-19H2,1-2H3,(H,31,32,33)(H2,34,35,39)/t22?,24-/m1/s1. The predicted octanol–water partition coefficient (Wildman–Crippen LogP) is 5.13. The van der Waals surface area contributed by atoms with Gasteiger partial charge in [-0.2, -0.15) is 0 Å². The third-order valence-electron chi connectivity index (χ3n) is 8.06. The molecule has 0 saturated carbocycles. The SMILES string of the molecule is CN(C)[C@@H]1CCN(c2ccccc2NC(=O)Nc2cccc(C3CCCN(c4ncnc5[nH]ccc45)C3)c2)C1. The molecule has 39 heavy (non-hydrogen) atoms. The predicted molar refractivity (Wildman–Crippen MR) is 158 cm³/mol. The van der Waals surface area contributed by atoms with E-state index in [1.165, 1.54) is 5.56 Å². The summed E-state index contributed by atoms with van der Waals surface area (Å²) in [5.41, 5.74) is 4.78. The summed E-state index contributed by atoms with van der Waals surface area (Å²) in [6.07, 6.45) is 6.84. The van der Waals surface area contributed by atoms with Crippen LogP contribution in [-0.2, 0) is 0 Å². The Morgan fingerprint density at radius 3 is 2.74 bits per heavy atom. The van der Waals surface area contributed by atoms with E-state index >= 15 is 0 Å². The monoisotopic (exact) mass is 524 g/mol. The Morgan fingerprint density at radius 1 is 0.974 bits per heavy atom. The molecule has 2 aliphatic heterocycles. The van der Waals surface area contributed by atoms with Crippen molar-refractivity contribution >= 4 is 39.9 Å². The first-order chi connectivity index (χ1) is 19.0. The van der Waals surface area contributed by atoms with E-state index < -0.39 is 0 Å². The maximum absolute atomic E-state index is 13.1. The molecule has 0 bridgehead atoms. The Hall–Kier alpha value is -4.11. The Morgan fingerprint density at radius 2 is 1.87 bits per heavy atom. The van der Waals surface area contributed by atoms with Gasteiger partial charge < -0.3 is 30.3 Å². The van der Waals surface area contributed by atoms with Crippen LogP contribution in [-0.4, -0.2) is 72.2 Å². The first kappa shape index (κ1) is 25.2. The van der Waals surface area contributed by atoms with Gasteiger partial charge in [-0.25, -0.2) is 14.8 Å². The second kappa shape index (κ2) is 10.9. The number of carbonyl (C=O) groups is 1.